The Balaban J connectivity index is 1.78. The molecule has 2 aliphatic rings. The molecule has 0 aliphatic carbocycles. The zero-order valence-electron chi connectivity index (χ0n) is 11.6. The molecule has 3 rings (SSSR count). The number of rotatable bonds is 1. The summed E-state index contributed by atoms with van der Waals surface area (Å²) >= 11 is 3.53. The van der Waals surface area contributed by atoms with Crippen molar-refractivity contribution in [2.24, 2.45) is 5.41 Å². The van der Waals surface area contributed by atoms with Crippen molar-refractivity contribution in [2.45, 2.75) is 32.6 Å². The van der Waals surface area contributed by atoms with Crippen molar-refractivity contribution in [2.75, 3.05) is 31.1 Å². The molecular formula is C15H22BrN3. The standard InChI is InChI=1S/C15H22BrN3/c1-12-13(16)4-5-14(18-12)19-9-3-7-15(11-19)6-2-8-17-10-15/h4-5,17H,2-3,6-11H2,1H3. The molecule has 19 heavy (non-hydrogen) atoms. The lowest BCUT2D eigenvalue weighted by Crippen LogP contribution is -2.51. The van der Waals surface area contributed by atoms with Gasteiger partial charge in [-0.15, -0.1) is 0 Å². The lowest BCUT2D eigenvalue weighted by molar-refractivity contribution is 0.173. The highest BCUT2D eigenvalue weighted by Crippen LogP contribution is 2.37. The first-order valence-corrected chi connectivity index (χ1v) is 8.07. The number of nitrogens with one attached hydrogen (secondary N) is 1. The summed E-state index contributed by atoms with van der Waals surface area (Å²) in [5, 5.41) is 3.58. The largest absolute Gasteiger partial charge is 0.356 e. The van der Waals surface area contributed by atoms with E-state index < -0.39 is 0 Å². The number of anilines is 1. The van der Waals surface area contributed by atoms with Crippen molar-refractivity contribution < 1.29 is 0 Å². The fraction of sp³-hybridized carbons (Fsp3) is 0.667. The van der Waals surface area contributed by atoms with Crippen LogP contribution in [0.5, 0.6) is 0 Å². The van der Waals surface area contributed by atoms with Crippen LogP contribution in [0.2, 0.25) is 0 Å². The Labute approximate surface area is 123 Å². The Hall–Kier alpha value is -0.610. The number of aryl methyl sites for hydroxylation is 1. The normalized spacial score (nSPS) is 27.8. The van der Waals surface area contributed by atoms with E-state index in [9.17, 15) is 0 Å². The first-order valence-electron chi connectivity index (χ1n) is 7.27. The number of piperidine rings is 2. The summed E-state index contributed by atoms with van der Waals surface area (Å²) in [6.45, 7) is 6.75. The predicted molar refractivity (Wildman–Crippen MR) is 82.7 cm³/mol. The summed E-state index contributed by atoms with van der Waals surface area (Å²) in [5.41, 5.74) is 1.57. The zero-order valence-corrected chi connectivity index (χ0v) is 13.2. The van der Waals surface area contributed by atoms with E-state index in [1.165, 1.54) is 38.8 Å². The van der Waals surface area contributed by atoms with E-state index in [-0.39, 0.29) is 0 Å². The third kappa shape index (κ3) is 2.79. The Morgan fingerprint density at radius 2 is 2.16 bits per heavy atom. The quantitative estimate of drug-likeness (QED) is 0.860. The monoisotopic (exact) mass is 323 g/mol. The number of aromatic nitrogens is 1. The first-order chi connectivity index (χ1) is 9.19. The van der Waals surface area contributed by atoms with Gasteiger partial charge in [-0.1, -0.05) is 0 Å². The molecule has 0 bridgehead atoms. The van der Waals surface area contributed by atoms with Crippen molar-refractivity contribution in [3.8, 4) is 0 Å². The van der Waals surface area contributed by atoms with Crippen molar-refractivity contribution in [3.63, 3.8) is 0 Å². The Bertz CT molecular complexity index is 449. The van der Waals surface area contributed by atoms with Crippen LogP contribution in [0.3, 0.4) is 0 Å². The second-order valence-corrected chi connectivity index (χ2v) is 6.90. The zero-order chi connectivity index (χ0) is 13.3. The first kappa shape index (κ1) is 13.4. The molecule has 2 aliphatic heterocycles. The van der Waals surface area contributed by atoms with Crippen LogP contribution in [-0.2, 0) is 0 Å². The van der Waals surface area contributed by atoms with Crippen LogP contribution >= 0.6 is 15.9 Å². The minimum Gasteiger partial charge on any atom is -0.356 e. The molecule has 2 saturated heterocycles. The Morgan fingerprint density at radius 3 is 2.89 bits per heavy atom. The molecular weight excluding hydrogens is 302 g/mol. The molecule has 1 aromatic heterocycles. The second kappa shape index (κ2) is 5.41. The molecule has 1 unspecified atom stereocenters. The van der Waals surface area contributed by atoms with Gasteiger partial charge >= 0.3 is 0 Å². The third-order valence-corrected chi connectivity index (χ3v) is 5.39. The molecule has 0 saturated carbocycles. The fourth-order valence-electron chi connectivity index (χ4n) is 3.49. The molecule has 3 heterocycles. The average Bonchev–Trinajstić information content (AvgIpc) is 2.43. The summed E-state index contributed by atoms with van der Waals surface area (Å²) in [6, 6.07) is 4.27. The van der Waals surface area contributed by atoms with Gasteiger partial charge in [0.15, 0.2) is 0 Å². The molecule has 1 atom stereocenters. The maximum Gasteiger partial charge on any atom is 0.128 e. The van der Waals surface area contributed by atoms with Crippen molar-refractivity contribution >= 4 is 21.7 Å². The summed E-state index contributed by atoms with van der Waals surface area (Å²) < 4.78 is 1.10. The van der Waals surface area contributed by atoms with Gasteiger partial charge in [-0.3, -0.25) is 0 Å². The Morgan fingerprint density at radius 1 is 1.32 bits per heavy atom. The highest BCUT2D eigenvalue weighted by atomic mass is 79.9. The smallest absolute Gasteiger partial charge is 0.128 e. The predicted octanol–water partition coefficient (Wildman–Crippen LogP) is 3.12. The molecule has 1 N–H and O–H groups in total. The van der Waals surface area contributed by atoms with E-state index in [1.54, 1.807) is 0 Å². The summed E-state index contributed by atoms with van der Waals surface area (Å²) in [6.07, 6.45) is 5.34. The maximum atomic E-state index is 4.73. The van der Waals surface area contributed by atoms with Gasteiger partial charge in [0.1, 0.15) is 5.82 Å². The molecule has 1 aromatic rings. The molecule has 4 heteroatoms. The van der Waals surface area contributed by atoms with E-state index >= 15 is 0 Å². The molecule has 3 nitrogen and oxygen atoms in total. The third-order valence-electron chi connectivity index (χ3n) is 4.55. The molecule has 0 radical (unpaired) electrons. The van der Waals surface area contributed by atoms with Crippen LogP contribution in [-0.4, -0.2) is 31.2 Å². The minimum atomic E-state index is 0.485. The van der Waals surface area contributed by atoms with Crippen LogP contribution in [0.15, 0.2) is 16.6 Å². The van der Waals surface area contributed by atoms with Gasteiger partial charge in [0.25, 0.3) is 0 Å². The minimum absolute atomic E-state index is 0.485. The van der Waals surface area contributed by atoms with Crippen LogP contribution in [0, 0.1) is 12.3 Å². The molecule has 2 fully saturated rings. The van der Waals surface area contributed by atoms with E-state index in [2.05, 4.69) is 45.2 Å². The maximum absolute atomic E-state index is 4.73. The lowest BCUT2D eigenvalue weighted by atomic mass is 9.74. The molecule has 0 amide bonds. The molecule has 0 aromatic carbocycles. The lowest BCUT2D eigenvalue weighted by Gasteiger charge is -2.46. The van der Waals surface area contributed by atoms with Crippen LogP contribution in [0.4, 0.5) is 5.82 Å². The van der Waals surface area contributed by atoms with Crippen molar-refractivity contribution in [1.82, 2.24) is 10.3 Å². The number of nitrogens with zero attached hydrogens (tertiary/aromatic N) is 2. The molecule has 104 valence electrons. The summed E-state index contributed by atoms with van der Waals surface area (Å²) in [4.78, 5) is 7.22. The van der Waals surface area contributed by atoms with E-state index in [1.807, 2.05) is 0 Å². The van der Waals surface area contributed by atoms with Gasteiger partial charge in [-0.25, -0.2) is 4.98 Å². The van der Waals surface area contributed by atoms with Gasteiger partial charge in [-0.2, -0.15) is 0 Å². The SMILES string of the molecule is Cc1nc(N2CCCC3(CCCNC3)C2)ccc1Br. The van der Waals surface area contributed by atoms with Crippen molar-refractivity contribution in [1.29, 1.82) is 0 Å². The van der Waals surface area contributed by atoms with E-state index in [0.29, 0.717) is 5.41 Å². The number of hydrogen-bond acceptors (Lipinski definition) is 3. The van der Waals surface area contributed by atoms with Crippen LogP contribution in [0.25, 0.3) is 0 Å². The second-order valence-electron chi connectivity index (χ2n) is 6.04. The summed E-state index contributed by atoms with van der Waals surface area (Å²) in [7, 11) is 0. The number of halogens is 1. The van der Waals surface area contributed by atoms with Gasteiger partial charge in [-0.05, 0) is 67.2 Å². The van der Waals surface area contributed by atoms with Gasteiger partial charge in [0.05, 0.1) is 5.69 Å². The Kier molecular flexibility index (Phi) is 3.81. The van der Waals surface area contributed by atoms with E-state index in [4.69, 9.17) is 4.98 Å². The summed E-state index contributed by atoms with van der Waals surface area (Å²) in [5.74, 6) is 1.14. The topological polar surface area (TPSA) is 28.2 Å². The number of pyridine rings is 1. The highest BCUT2D eigenvalue weighted by molar-refractivity contribution is 9.10. The molecule has 1 spiro atoms. The fourth-order valence-corrected chi connectivity index (χ4v) is 3.71. The number of hydrogen-bond donors (Lipinski definition) is 1. The highest BCUT2D eigenvalue weighted by Gasteiger charge is 2.36. The van der Waals surface area contributed by atoms with Gasteiger partial charge in [0, 0.05) is 29.5 Å². The van der Waals surface area contributed by atoms with Gasteiger partial charge in [0.2, 0.25) is 0 Å². The van der Waals surface area contributed by atoms with E-state index in [0.717, 1.165) is 29.1 Å². The van der Waals surface area contributed by atoms with Gasteiger partial charge < -0.3 is 10.2 Å². The van der Waals surface area contributed by atoms with Crippen LogP contribution < -0.4 is 10.2 Å². The average molecular weight is 324 g/mol. The van der Waals surface area contributed by atoms with Crippen LogP contribution in [0.1, 0.15) is 31.4 Å². The van der Waals surface area contributed by atoms with Crippen molar-refractivity contribution in [3.05, 3.63) is 22.3 Å².